The van der Waals surface area contributed by atoms with E-state index >= 15 is 0 Å². The quantitative estimate of drug-likeness (QED) is 0.799. The van der Waals surface area contributed by atoms with Crippen LogP contribution in [0.25, 0.3) is 0 Å². The summed E-state index contributed by atoms with van der Waals surface area (Å²) in [6.07, 6.45) is 0. The van der Waals surface area contributed by atoms with Gasteiger partial charge in [-0.25, -0.2) is 4.79 Å². The number of rotatable bonds is 3. The Balaban J connectivity index is 3.20. The van der Waals surface area contributed by atoms with E-state index in [-0.39, 0.29) is 0 Å². The van der Waals surface area contributed by atoms with Gasteiger partial charge in [0.05, 0.1) is 5.56 Å². The standard InChI is InChI=1S/C11H15NO2/c1-4-12(3)10-7-5-6-9(8(10)2)11(13)14/h5-7H,4H2,1-3H3,(H,13,14). The van der Waals surface area contributed by atoms with Crippen molar-refractivity contribution < 1.29 is 9.90 Å². The number of aromatic carboxylic acids is 1. The van der Waals surface area contributed by atoms with Crippen molar-refractivity contribution in [1.82, 2.24) is 0 Å². The molecule has 1 rings (SSSR count). The van der Waals surface area contributed by atoms with E-state index in [1.165, 1.54) is 0 Å². The minimum absolute atomic E-state index is 0.378. The van der Waals surface area contributed by atoms with Gasteiger partial charge in [0, 0.05) is 19.3 Å². The van der Waals surface area contributed by atoms with Crippen molar-refractivity contribution in [2.24, 2.45) is 0 Å². The van der Waals surface area contributed by atoms with Crippen molar-refractivity contribution in [3.63, 3.8) is 0 Å². The fraction of sp³-hybridized carbons (Fsp3) is 0.364. The Kier molecular flexibility index (Phi) is 3.12. The van der Waals surface area contributed by atoms with Crippen LogP contribution in [0.1, 0.15) is 22.8 Å². The first-order valence-corrected chi connectivity index (χ1v) is 4.62. The summed E-state index contributed by atoms with van der Waals surface area (Å²) in [5.41, 5.74) is 2.18. The third-order valence-electron chi connectivity index (χ3n) is 2.42. The van der Waals surface area contributed by atoms with Crippen molar-refractivity contribution in [1.29, 1.82) is 0 Å². The third-order valence-corrected chi connectivity index (χ3v) is 2.42. The van der Waals surface area contributed by atoms with Gasteiger partial charge in [-0.3, -0.25) is 0 Å². The number of carboxylic acids is 1. The summed E-state index contributed by atoms with van der Waals surface area (Å²) in [6, 6.07) is 5.34. The highest BCUT2D eigenvalue weighted by Gasteiger charge is 2.11. The maximum atomic E-state index is 10.9. The monoisotopic (exact) mass is 193 g/mol. The van der Waals surface area contributed by atoms with E-state index in [1.807, 2.05) is 31.9 Å². The normalized spacial score (nSPS) is 9.93. The molecule has 0 amide bonds. The molecule has 0 saturated carbocycles. The van der Waals surface area contributed by atoms with Crippen LogP contribution >= 0.6 is 0 Å². The maximum absolute atomic E-state index is 10.9. The molecule has 14 heavy (non-hydrogen) atoms. The largest absolute Gasteiger partial charge is 0.478 e. The maximum Gasteiger partial charge on any atom is 0.336 e. The summed E-state index contributed by atoms with van der Waals surface area (Å²) < 4.78 is 0. The van der Waals surface area contributed by atoms with Crippen molar-refractivity contribution in [3.05, 3.63) is 29.3 Å². The number of hydrogen-bond donors (Lipinski definition) is 1. The van der Waals surface area contributed by atoms with E-state index in [9.17, 15) is 4.79 Å². The fourth-order valence-corrected chi connectivity index (χ4v) is 1.44. The van der Waals surface area contributed by atoms with Gasteiger partial charge in [0.15, 0.2) is 0 Å². The van der Waals surface area contributed by atoms with Crippen molar-refractivity contribution >= 4 is 11.7 Å². The molecule has 0 aliphatic carbocycles. The Morgan fingerprint density at radius 1 is 1.50 bits per heavy atom. The number of hydrogen-bond acceptors (Lipinski definition) is 2. The first kappa shape index (κ1) is 10.6. The molecule has 0 unspecified atom stereocenters. The SMILES string of the molecule is CCN(C)c1cccc(C(=O)O)c1C. The Morgan fingerprint density at radius 3 is 2.64 bits per heavy atom. The van der Waals surface area contributed by atoms with Crippen LogP contribution in [-0.4, -0.2) is 24.7 Å². The molecule has 0 atom stereocenters. The molecular weight excluding hydrogens is 178 g/mol. The molecule has 0 bridgehead atoms. The number of carbonyl (C=O) groups is 1. The molecule has 1 aromatic rings. The highest BCUT2D eigenvalue weighted by molar-refractivity contribution is 5.91. The molecule has 76 valence electrons. The summed E-state index contributed by atoms with van der Waals surface area (Å²) in [5, 5.41) is 8.93. The van der Waals surface area contributed by atoms with E-state index in [1.54, 1.807) is 12.1 Å². The first-order chi connectivity index (χ1) is 6.57. The summed E-state index contributed by atoms with van der Waals surface area (Å²) in [6.45, 7) is 4.74. The molecule has 0 spiro atoms. The lowest BCUT2D eigenvalue weighted by molar-refractivity contribution is 0.0696. The second-order valence-corrected chi connectivity index (χ2v) is 3.27. The van der Waals surface area contributed by atoms with Gasteiger partial charge in [-0.1, -0.05) is 6.07 Å². The molecule has 0 radical (unpaired) electrons. The van der Waals surface area contributed by atoms with Crippen molar-refractivity contribution in [3.8, 4) is 0 Å². The molecular formula is C11H15NO2. The zero-order valence-electron chi connectivity index (χ0n) is 8.74. The predicted molar refractivity (Wildman–Crippen MR) is 57.1 cm³/mol. The Morgan fingerprint density at radius 2 is 2.14 bits per heavy atom. The van der Waals surface area contributed by atoms with Crippen LogP contribution in [0.5, 0.6) is 0 Å². The zero-order valence-corrected chi connectivity index (χ0v) is 8.74. The highest BCUT2D eigenvalue weighted by Crippen LogP contribution is 2.21. The van der Waals surface area contributed by atoms with Gasteiger partial charge in [-0.2, -0.15) is 0 Å². The van der Waals surface area contributed by atoms with Gasteiger partial charge in [0.2, 0.25) is 0 Å². The molecule has 0 heterocycles. The van der Waals surface area contributed by atoms with Gasteiger partial charge in [-0.15, -0.1) is 0 Å². The molecule has 1 N–H and O–H groups in total. The Hall–Kier alpha value is -1.51. The number of anilines is 1. The van der Waals surface area contributed by atoms with E-state index in [2.05, 4.69) is 0 Å². The predicted octanol–water partition coefficient (Wildman–Crippen LogP) is 2.15. The average Bonchev–Trinajstić information content (AvgIpc) is 2.16. The topological polar surface area (TPSA) is 40.5 Å². The van der Waals surface area contributed by atoms with Crippen LogP contribution in [0.4, 0.5) is 5.69 Å². The number of carboxylic acid groups (broad SMARTS) is 1. The van der Waals surface area contributed by atoms with Gasteiger partial charge < -0.3 is 10.0 Å². The van der Waals surface area contributed by atoms with Crippen LogP contribution in [0.3, 0.4) is 0 Å². The van der Waals surface area contributed by atoms with Crippen molar-refractivity contribution in [2.75, 3.05) is 18.5 Å². The van der Waals surface area contributed by atoms with E-state index in [4.69, 9.17) is 5.11 Å². The highest BCUT2D eigenvalue weighted by atomic mass is 16.4. The second-order valence-electron chi connectivity index (χ2n) is 3.27. The minimum atomic E-state index is -0.867. The van der Waals surface area contributed by atoms with E-state index < -0.39 is 5.97 Å². The molecule has 0 aliphatic rings. The molecule has 3 heteroatoms. The average molecular weight is 193 g/mol. The minimum Gasteiger partial charge on any atom is -0.478 e. The van der Waals surface area contributed by atoms with Crippen molar-refractivity contribution in [2.45, 2.75) is 13.8 Å². The smallest absolute Gasteiger partial charge is 0.336 e. The van der Waals surface area contributed by atoms with Gasteiger partial charge in [0.1, 0.15) is 0 Å². The molecule has 1 aromatic carbocycles. The number of benzene rings is 1. The zero-order chi connectivity index (χ0) is 10.7. The van der Waals surface area contributed by atoms with Gasteiger partial charge in [0.25, 0.3) is 0 Å². The lowest BCUT2D eigenvalue weighted by Crippen LogP contribution is -2.18. The van der Waals surface area contributed by atoms with Crippen LogP contribution in [0.15, 0.2) is 18.2 Å². The van der Waals surface area contributed by atoms with Crippen LogP contribution in [0.2, 0.25) is 0 Å². The fourth-order valence-electron chi connectivity index (χ4n) is 1.44. The second kappa shape index (κ2) is 4.13. The van der Waals surface area contributed by atoms with Gasteiger partial charge >= 0.3 is 5.97 Å². The third kappa shape index (κ3) is 1.87. The summed E-state index contributed by atoms with van der Waals surface area (Å²) >= 11 is 0. The molecule has 3 nitrogen and oxygen atoms in total. The molecule has 0 saturated heterocycles. The lowest BCUT2D eigenvalue weighted by atomic mass is 10.1. The molecule has 0 aromatic heterocycles. The number of nitrogens with zero attached hydrogens (tertiary/aromatic N) is 1. The lowest BCUT2D eigenvalue weighted by Gasteiger charge is -2.20. The molecule has 0 aliphatic heterocycles. The Labute approximate surface area is 84.0 Å². The van der Waals surface area contributed by atoms with Crippen LogP contribution < -0.4 is 4.90 Å². The summed E-state index contributed by atoms with van der Waals surface area (Å²) in [7, 11) is 1.95. The van der Waals surface area contributed by atoms with Crippen LogP contribution in [0, 0.1) is 6.92 Å². The van der Waals surface area contributed by atoms with Gasteiger partial charge in [-0.05, 0) is 31.5 Å². The van der Waals surface area contributed by atoms with Crippen LogP contribution in [-0.2, 0) is 0 Å². The Bertz CT molecular complexity index is 347. The van der Waals surface area contributed by atoms with E-state index in [0.29, 0.717) is 5.56 Å². The summed E-state index contributed by atoms with van der Waals surface area (Å²) in [4.78, 5) is 12.9. The first-order valence-electron chi connectivity index (χ1n) is 4.62. The van der Waals surface area contributed by atoms with E-state index in [0.717, 1.165) is 17.8 Å². The summed E-state index contributed by atoms with van der Waals surface area (Å²) in [5.74, 6) is -0.867. The molecule has 0 fully saturated rings.